The highest BCUT2D eigenvalue weighted by Crippen LogP contribution is 2.29. The number of rotatable bonds is 4. The van der Waals surface area contributed by atoms with Gasteiger partial charge in [-0.2, -0.15) is 0 Å². The number of benzene rings is 2. The van der Waals surface area contributed by atoms with E-state index < -0.39 is 5.97 Å². The van der Waals surface area contributed by atoms with E-state index in [-0.39, 0.29) is 23.6 Å². The number of aromatic amines is 1. The number of nitrogens with one attached hydrogen (secondary N) is 2. The molecule has 0 bridgehead atoms. The lowest BCUT2D eigenvalue weighted by molar-refractivity contribution is 0.0522. The predicted molar refractivity (Wildman–Crippen MR) is 107 cm³/mol. The number of carbonyl (C=O) groups is 2. The predicted octanol–water partition coefficient (Wildman–Crippen LogP) is 4.89. The summed E-state index contributed by atoms with van der Waals surface area (Å²) >= 11 is 0. The van der Waals surface area contributed by atoms with E-state index in [1.54, 1.807) is 19.1 Å². The van der Waals surface area contributed by atoms with Crippen LogP contribution in [0.15, 0.2) is 48.5 Å². The van der Waals surface area contributed by atoms with Crippen molar-refractivity contribution in [1.29, 1.82) is 0 Å². The van der Waals surface area contributed by atoms with Gasteiger partial charge in [-0.15, -0.1) is 0 Å². The molecule has 1 amide bonds. The van der Waals surface area contributed by atoms with Crippen molar-refractivity contribution < 1.29 is 14.3 Å². The Kier molecular flexibility index (Phi) is 5.04. The third-order valence-corrected chi connectivity index (χ3v) is 4.44. The number of ether oxygens (including phenoxy) is 1. The SMILES string of the molecule is CCOC(=O)c1[nH]c2ccccc2c1NC(=O)c1ccc(C(C)(C)C)cc1. The molecule has 140 valence electrons. The summed E-state index contributed by atoms with van der Waals surface area (Å²) in [4.78, 5) is 28.1. The van der Waals surface area contributed by atoms with E-state index in [9.17, 15) is 9.59 Å². The van der Waals surface area contributed by atoms with E-state index in [4.69, 9.17) is 4.74 Å². The normalized spacial score (nSPS) is 11.4. The Hall–Kier alpha value is -3.08. The van der Waals surface area contributed by atoms with E-state index >= 15 is 0 Å². The number of amides is 1. The van der Waals surface area contributed by atoms with Crippen LogP contribution >= 0.6 is 0 Å². The number of esters is 1. The molecule has 0 saturated heterocycles. The monoisotopic (exact) mass is 364 g/mol. The third-order valence-electron chi connectivity index (χ3n) is 4.44. The maximum absolute atomic E-state index is 12.8. The highest BCUT2D eigenvalue weighted by Gasteiger charge is 2.21. The zero-order chi connectivity index (χ0) is 19.6. The number of aromatic nitrogens is 1. The summed E-state index contributed by atoms with van der Waals surface area (Å²) in [6.07, 6.45) is 0. The van der Waals surface area contributed by atoms with Crippen LogP contribution in [0.5, 0.6) is 0 Å². The summed E-state index contributed by atoms with van der Waals surface area (Å²) < 4.78 is 5.12. The Bertz CT molecular complexity index is 979. The molecule has 27 heavy (non-hydrogen) atoms. The van der Waals surface area contributed by atoms with Crippen LogP contribution in [0.1, 0.15) is 54.1 Å². The van der Waals surface area contributed by atoms with Gasteiger partial charge in [0.1, 0.15) is 5.69 Å². The van der Waals surface area contributed by atoms with Crippen molar-refractivity contribution >= 4 is 28.5 Å². The van der Waals surface area contributed by atoms with Gasteiger partial charge in [-0.1, -0.05) is 51.1 Å². The number of H-pyrrole nitrogens is 1. The van der Waals surface area contributed by atoms with Crippen LogP contribution in [-0.2, 0) is 10.2 Å². The Morgan fingerprint density at radius 3 is 2.33 bits per heavy atom. The van der Waals surface area contributed by atoms with Crippen molar-refractivity contribution in [3.05, 3.63) is 65.4 Å². The molecule has 2 aromatic carbocycles. The number of fused-ring (bicyclic) bond motifs is 1. The smallest absolute Gasteiger partial charge is 0.356 e. The molecule has 0 aliphatic rings. The lowest BCUT2D eigenvalue weighted by Crippen LogP contribution is -2.16. The lowest BCUT2D eigenvalue weighted by Gasteiger charge is -2.19. The maximum Gasteiger partial charge on any atom is 0.356 e. The zero-order valence-corrected chi connectivity index (χ0v) is 16.1. The Morgan fingerprint density at radius 1 is 1.04 bits per heavy atom. The number of hydrogen-bond acceptors (Lipinski definition) is 3. The Labute approximate surface area is 158 Å². The Balaban J connectivity index is 1.94. The second-order valence-electron chi connectivity index (χ2n) is 7.42. The Morgan fingerprint density at radius 2 is 1.70 bits per heavy atom. The van der Waals surface area contributed by atoms with Crippen LogP contribution in [0.3, 0.4) is 0 Å². The van der Waals surface area contributed by atoms with Gasteiger partial charge < -0.3 is 15.0 Å². The minimum absolute atomic E-state index is 0.0168. The third kappa shape index (κ3) is 3.87. The quantitative estimate of drug-likeness (QED) is 0.647. The van der Waals surface area contributed by atoms with Gasteiger partial charge in [0.25, 0.3) is 5.91 Å². The van der Waals surface area contributed by atoms with Crippen molar-refractivity contribution in [2.75, 3.05) is 11.9 Å². The molecule has 2 N–H and O–H groups in total. The van der Waals surface area contributed by atoms with Crippen molar-refractivity contribution in [3.8, 4) is 0 Å². The van der Waals surface area contributed by atoms with Gasteiger partial charge in [-0.3, -0.25) is 4.79 Å². The molecule has 0 spiro atoms. The van der Waals surface area contributed by atoms with Gasteiger partial charge in [0.15, 0.2) is 0 Å². The lowest BCUT2D eigenvalue weighted by atomic mass is 9.87. The van der Waals surface area contributed by atoms with Gasteiger partial charge in [-0.05, 0) is 36.1 Å². The summed E-state index contributed by atoms with van der Waals surface area (Å²) in [5.74, 6) is -0.766. The molecule has 0 atom stereocenters. The first-order valence-electron chi connectivity index (χ1n) is 9.01. The van der Waals surface area contributed by atoms with Crippen LogP contribution in [0, 0.1) is 0 Å². The number of anilines is 1. The molecule has 0 fully saturated rings. The first kappa shape index (κ1) is 18.7. The van der Waals surface area contributed by atoms with E-state index in [1.807, 2.05) is 36.4 Å². The highest BCUT2D eigenvalue weighted by molar-refractivity contribution is 6.14. The molecule has 0 unspecified atom stereocenters. The molecular weight excluding hydrogens is 340 g/mol. The fourth-order valence-electron chi connectivity index (χ4n) is 2.94. The molecule has 0 saturated carbocycles. The van der Waals surface area contributed by atoms with Gasteiger partial charge in [-0.25, -0.2) is 4.79 Å². The summed E-state index contributed by atoms with van der Waals surface area (Å²) in [6.45, 7) is 8.38. The average Bonchev–Trinajstić information content (AvgIpc) is 3.00. The van der Waals surface area contributed by atoms with Crippen LogP contribution in [0.25, 0.3) is 10.9 Å². The largest absolute Gasteiger partial charge is 0.461 e. The minimum atomic E-state index is -0.493. The van der Waals surface area contributed by atoms with Crippen molar-refractivity contribution in [1.82, 2.24) is 4.98 Å². The summed E-state index contributed by atoms with van der Waals surface area (Å²) in [7, 11) is 0. The topological polar surface area (TPSA) is 71.2 Å². The molecule has 5 nitrogen and oxygen atoms in total. The molecule has 3 rings (SSSR count). The average molecular weight is 364 g/mol. The van der Waals surface area contributed by atoms with E-state index in [0.29, 0.717) is 11.3 Å². The molecule has 5 heteroatoms. The van der Waals surface area contributed by atoms with Crippen molar-refractivity contribution in [2.24, 2.45) is 0 Å². The second kappa shape index (κ2) is 7.27. The fraction of sp³-hybridized carbons (Fsp3) is 0.273. The molecule has 1 heterocycles. The van der Waals surface area contributed by atoms with Crippen LogP contribution < -0.4 is 5.32 Å². The number of para-hydroxylation sites is 1. The van der Waals surface area contributed by atoms with E-state index in [2.05, 4.69) is 31.1 Å². The summed E-state index contributed by atoms with van der Waals surface area (Å²) in [6, 6.07) is 14.9. The number of carbonyl (C=O) groups excluding carboxylic acids is 2. The minimum Gasteiger partial charge on any atom is -0.461 e. The molecule has 0 aliphatic heterocycles. The summed E-state index contributed by atoms with van der Waals surface area (Å²) in [5, 5.41) is 3.64. The van der Waals surface area contributed by atoms with Crippen LogP contribution in [0.4, 0.5) is 5.69 Å². The standard InChI is InChI=1S/C22H24N2O3/c1-5-27-21(26)19-18(16-8-6-7-9-17(16)23-19)24-20(25)14-10-12-15(13-11-14)22(2,3)4/h6-13,23H,5H2,1-4H3,(H,24,25). The highest BCUT2D eigenvalue weighted by atomic mass is 16.5. The fourth-order valence-corrected chi connectivity index (χ4v) is 2.94. The van der Waals surface area contributed by atoms with Crippen molar-refractivity contribution in [2.45, 2.75) is 33.1 Å². The first-order valence-corrected chi connectivity index (χ1v) is 9.01. The van der Waals surface area contributed by atoms with Crippen molar-refractivity contribution in [3.63, 3.8) is 0 Å². The molecule has 0 radical (unpaired) electrons. The van der Waals surface area contributed by atoms with Crippen LogP contribution in [0.2, 0.25) is 0 Å². The number of hydrogen-bond donors (Lipinski definition) is 2. The maximum atomic E-state index is 12.8. The first-order chi connectivity index (χ1) is 12.8. The van der Waals surface area contributed by atoms with Gasteiger partial charge >= 0.3 is 5.97 Å². The zero-order valence-electron chi connectivity index (χ0n) is 16.1. The molecular formula is C22H24N2O3. The van der Waals surface area contributed by atoms with Gasteiger partial charge in [0.2, 0.25) is 0 Å². The van der Waals surface area contributed by atoms with Gasteiger partial charge in [0.05, 0.1) is 12.3 Å². The molecule has 1 aromatic heterocycles. The molecule has 3 aromatic rings. The van der Waals surface area contributed by atoms with Gasteiger partial charge in [0, 0.05) is 16.5 Å². The van der Waals surface area contributed by atoms with Crippen LogP contribution in [-0.4, -0.2) is 23.5 Å². The van der Waals surface area contributed by atoms with E-state index in [0.717, 1.165) is 16.5 Å². The van der Waals surface area contributed by atoms with E-state index in [1.165, 1.54) is 0 Å². The molecule has 0 aliphatic carbocycles. The summed E-state index contributed by atoms with van der Waals surface area (Å²) in [5.41, 5.74) is 3.15. The second-order valence-corrected chi connectivity index (χ2v) is 7.42.